The molecule has 1 rings (SSSR count). The van der Waals surface area contributed by atoms with Crippen molar-refractivity contribution in [2.75, 3.05) is 13.6 Å². The maximum Gasteiger partial charge on any atom is 0.0528 e. The second-order valence-corrected chi connectivity index (χ2v) is 3.26. The van der Waals surface area contributed by atoms with Crippen LogP contribution in [0, 0.1) is 5.92 Å². The molecule has 2 atom stereocenters. The summed E-state index contributed by atoms with van der Waals surface area (Å²) in [5.74, 6) is 0.606. The fourth-order valence-corrected chi connectivity index (χ4v) is 1.27. The Labute approximate surface area is 73.8 Å². The molecule has 3 nitrogen and oxygen atoms in total. The van der Waals surface area contributed by atoms with Gasteiger partial charge in [-0.2, -0.15) is 5.10 Å². The average Bonchev–Trinajstić information content (AvgIpc) is 2.55. The molecule has 1 aromatic rings. The Kier molecular flexibility index (Phi) is 3.29. The summed E-state index contributed by atoms with van der Waals surface area (Å²) >= 11 is 0. The highest BCUT2D eigenvalue weighted by Gasteiger charge is 2.12. The van der Waals surface area contributed by atoms with Crippen LogP contribution in [0.25, 0.3) is 0 Å². The van der Waals surface area contributed by atoms with Crippen LogP contribution in [0.2, 0.25) is 0 Å². The van der Waals surface area contributed by atoms with Crippen molar-refractivity contribution in [2.45, 2.75) is 19.9 Å². The Bertz CT molecular complexity index is 206. The number of nitrogens with one attached hydrogen (secondary N) is 1. The number of hydrogen-bond acceptors (Lipinski definition) is 2. The van der Waals surface area contributed by atoms with Gasteiger partial charge in [0.15, 0.2) is 0 Å². The quantitative estimate of drug-likeness (QED) is 0.732. The smallest absolute Gasteiger partial charge is 0.0528 e. The summed E-state index contributed by atoms with van der Waals surface area (Å²) < 4.78 is 2.00. The molecule has 0 aliphatic carbocycles. The predicted octanol–water partition coefficient (Wildman–Crippen LogP) is 1.30. The molecule has 0 radical (unpaired) electrons. The first-order valence-electron chi connectivity index (χ1n) is 4.39. The van der Waals surface area contributed by atoms with Gasteiger partial charge in [0.05, 0.1) is 6.04 Å². The molecular weight excluding hydrogens is 150 g/mol. The van der Waals surface area contributed by atoms with Gasteiger partial charge in [-0.05, 0) is 32.5 Å². The summed E-state index contributed by atoms with van der Waals surface area (Å²) in [4.78, 5) is 0. The number of hydrogen-bond donors (Lipinski definition) is 1. The lowest BCUT2D eigenvalue weighted by Crippen LogP contribution is -2.24. The van der Waals surface area contributed by atoms with E-state index in [-0.39, 0.29) is 0 Å². The molecule has 2 unspecified atom stereocenters. The summed E-state index contributed by atoms with van der Waals surface area (Å²) in [6.07, 6.45) is 3.83. The van der Waals surface area contributed by atoms with Gasteiger partial charge in [0.25, 0.3) is 0 Å². The first-order chi connectivity index (χ1) is 5.75. The first-order valence-corrected chi connectivity index (χ1v) is 4.39. The van der Waals surface area contributed by atoms with Crippen LogP contribution in [0.4, 0.5) is 0 Å². The lowest BCUT2D eigenvalue weighted by atomic mass is 10.0. The Morgan fingerprint density at radius 3 is 2.75 bits per heavy atom. The molecule has 1 N–H and O–H groups in total. The van der Waals surface area contributed by atoms with Gasteiger partial charge >= 0.3 is 0 Å². The van der Waals surface area contributed by atoms with Crippen molar-refractivity contribution in [2.24, 2.45) is 5.92 Å². The molecule has 0 saturated carbocycles. The lowest BCUT2D eigenvalue weighted by Gasteiger charge is -2.19. The monoisotopic (exact) mass is 167 g/mol. The third-order valence-electron chi connectivity index (χ3n) is 2.29. The summed E-state index contributed by atoms with van der Waals surface area (Å²) in [6.45, 7) is 5.44. The average molecular weight is 167 g/mol. The number of rotatable bonds is 4. The zero-order valence-electron chi connectivity index (χ0n) is 7.99. The highest BCUT2D eigenvalue weighted by atomic mass is 15.3. The van der Waals surface area contributed by atoms with Crippen molar-refractivity contribution in [3.8, 4) is 0 Å². The summed E-state index contributed by atoms with van der Waals surface area (Å²) in [5.41, 5.74) is 0. The molecule has 1 heterocycles. The molecule has 0 aromatic carbocycles. The molecule has 1 aromatic heterocycles. The van der Waals surface area contributed by atoms with Crippen LogP contribution in [0.5, 0.6) is 0 Å². The largest absolute Gasteiger partial charge is 0.319 e. The highest BCUT2D eigenvalue weighted by Crippen LogP contribution is 2.14. The second kappa shape index (κ2) is 4.26. The molecule has 0 spiro atoms. The summed E-state index contributed by atoms with van der Waals surface area (Å²) in [7, 11) is 1.98. The van der Waals surface area contributed by atoms with E-state index in [1.54, 1.807) is 0 Å². The summed E-state index contributed by atoms with van der Waals surface area (Å²) in [6, 6.07) is 2.43. The summed E-state index contributed by atoms with van der Waals surface area (Å²) in [5, 5.41) is 7.38. The van der Waals surface area contributed by atoms with Crippen molar-refractivity contribution >= 4 is 0 Å². The minimum Gasteiger partial charge on any atom is -0.319 e. The molecule has 0 bridgehead atoms. The van der Waals surface area contributed by atoms with Gasteiger partial charge in [0.2, 0.25) is 0 Å². The Morgan fingerprint density at radius 2 is 2.25 bits per heavy atom. The molecular formula is C9H17N3. The molecule has 0 saturated heterocycles. The normalized spacial score (nSPS) is 15.9. The van der Waals surface area contributed by atoms with Crippen LogP contribution in [-0.4, -0.2) is 23.4 Å². The van der Waals surface area contributed by atoms with Crippen LogP contribution in [0.15, 0.2) is 18.5 Å². The second-order valence-electron chi connectivity index (χ2n) is 3.26. The van der Waals surface area contributed by atoms with Crippen molar-refractivity contribution < 1.29 is 0 Å². The van der Waals surface area contributed by atoms with Gasteiger partial charge in [0, 0.05) is 12.4 Å². The SMILES string of the molecule is CNCC(C)C(C)n1cccn1. The molecule has 12 heavy (non-hydrogen) atoms. The number of aromatic nitrogens is 2. The molecule has 0 fully saturated rings. The molecule has 0 amide bonds. The van der Waals surface area contributed by atoms with Crippen LogP contribution < -0.4 is 5.32 Å². The van der Waals surface area contributed by atoms with E-state index in [9.17, 15) is 0 Å². The van der Waals surface area contributed by atoms with Crippen molar-refractivity contribution in [3.63, 3.8) is 0 Å². The molecule has 0 aliphatic rings. The van der Waals surface area contributed by atoms with E-state index in [1.807, 2.05) is 30.2 Å². The van der Waals surface area contributed by atoms with Crippen LogP contribution in [0.1, 0.15) is 19.9 Å². The minimum atomic E-state index is 0.465. The van der Waals surface area contributed by atoms with Crippen molar-refractivity contribution in [1.82, 2.24) is 15.1 Å². The standard InChI is InChI=1S/C9H17N3/c1-8(7-10-3)9(2)12-6-4-5-11-12/h4-6,8-10H,7H2,1-3H3. The highest BCUT2D eigenvalue weighted by molar-refractivity contribution is 4.82. The maximum atomic E-state index is 4.21. The zero-order chi connectivity index (χ0) is 8.97. The Morgan fingerprint density at radius 1 is 1.50 bits per heavy atom. The lowest BCUT2D eigenvalue weighted by molar-refractivity contribution is 0.344. The Balaban J connectivity index is 2.53. The van der Waals surface area contributed by atoms with Crippen molar-refractivity contribution in [1.29, 1.82) is 0 Å². The van der Waals surface area contributed by atoms with Crippen LogP contribution >= 0.6 is 0 Å². The van der Waals surface area contributed by atoms with E-state index in [4.69, 9.17) is 0 Å². The predicted molar refractivity (Wildman–Crippen MR) is 50.0 cm³/mol. The third-order valence-corrected chi connectivity index (χ3v) is 2.29. The van der Waals surface area contributed by atoms with Gasteiger partial charge in [-0.3, -0.25) is 4.68 Å². The van der Waals surface area contributed by atoms with Gasteiger partial charge in [-0.15, -0.1) is 0 Å². The van der Waals surface area contributed by atoms with Gasteiger partial charge in [-0.25, -0.2) is 0 Å². The van der Waals surface area contributed by atoms with E-state index in [2.05, 4.69) is 24.3 Å². The van der Waals surface area contributed by atoms with Gasteiger partial charge in [0.1, 0.15) is 0 Å². The molecule has 3 heteroatoms. The van der Waals surface area contributed by atoms with E-state index in [1.165, 1.54) is 0 Å². The van der Waals surface area contributed by atoms with Crippen LogP contribution in [0.3, 0.4) is 0 Å². The maximum absolute atomic E-state index is 4.21. The van der Waals surface area contributed by atoms with E-state index in [0.29, 0.717) is 12.0 Å². The third kappa shape index (κ3) is 2.08. The van der Waals surface area contributed by atoms with E-state index >= 15 is 0 Å². The number of nitrogens with zero attached hydrogens (tertiary/aromatic N) is 2. The fourth-order valence-electron chi connectivity index (χ4n) is 1.27. The Hall–Kier alpha value is -0.830. The minimum absolute atomic E-state index is 0.465. The first kappa shape index (κ1) is 9.26. The van der Waals surface area contributed by atoms with Gasteiger partial charge < -0.3 is 5.32 Å². The zero-order valence-corrected chi connectivity index (χ0v) is 7.99. The molecule has 0 aliphatic heterocycles. The van der Waals surface area contributed by atoms with Crippen LogP contribution in [-0.2, 0) is 0 Å². The van der Waals surface area contributed by atoms with Crippen molar-refractivity contribution in [3.05, 3.63) is 18.5 Å². The van der Waals surface area contributed by atoms with E-state index < -0.39 is 0 Å². The van der Waals surface area contributed by atoms with Gasteiger partial charge in [-0.1, -0.05) is 6.92 Å². The van der Waals surface area contributed by atoms with E-state index in [0.717, 1.165) is 6.54 Å². The topological polar surface area (TPSA) is 29.9 Å². The molecule has 68 valence electrons. The fraction of sp³-hybridized carbons (Fsp3) is 0.667.